The molecule has 1 N–H and O–H groups in total. The molecule has 1 aliphatic rings. The highest BCUT2D eigenvalue weighted by Gasteiger charge is 2.18. The van der Waals surface area contributed by atoms with Gasteiger partial charge in [0.1, 0.15) is 11.4 Å². The van der Waals surface area contributed by atoms with Crippen molar-refractivity contribution in [3.63, 3.8) is 0 Å². The highest BCUT2D eigenvalue weighted by atomic mass is 15.5. The Labute approximate surface area is 126 Å². The molecule has 1 aromatic heterocycles. The number of rotatable bonds is 5. The summed E-state index contributed by atoms with van der Waals surface area (Å²) in [7, 11) is 0. The van der Waals surface area contributed by atoms with Gasteiger partial charge in [-0.3, -0.25) is 0 Å². The molecule has 1 aliphatic carbocycles. The van der Waals surface area contributed by atoms with Crippen LogP contribution in [0.25, 0.3) is 11.3 Å². The molecule has 1 fully saturated rings. The minimum atomic E-state index is 0.285. The van der Waals surface area contributed by atoms with E-state index in [4.69, 9.17) is 10.2 Å². The van der Waals surface area contributed by atoms with E-state index in [0.29, 0.717) is 6.04 Å². The van der Waals surface area contributed by atoms with Gasteiger partial charge in [-0.05, 0) is 26.7 Å². The lowest BCUT2D eigenvalue weighted by molar-refractivity contribution is 0.457. The highest BCUT2D eigenvalue weighted by Crippen LogP contribution is 2.23. The normalized spacial score (nSPS) is 16.0. The summed E-state index contributed by atoms with van der Waals surface area (Å²) in [6.07, 6.45) is 5.28. The molecule has 0 amide bonds. The van der Waals surface area contributed by atoms with E-state index >= 15 is 0 Å². The van der Waals surface area contributed by atoms with Crippen LogP contribution in [0.4, 0.5) is 0 Å². The highest BCUT2D eigenvalue weighted by molar-refractivity contribution is 5.60. The minimum Gasteiger partial charge on any atom is -0.308 e. The quantitative estimate of drug-likeness (QED) is 0.913. The molecular formula is C17H24N4. The fourth-order valence-corrected chi connectivity index (χ4v) is 2.89. The second-order valence-corrected chi connectivity index (χ2v) is 6.14. The topological polar surface area (TPSA) is 42.7 Å². The lowest BCUT2D eigenvalue weighted by atomic mass is 10.1. The van der Waals surface area contributed by atoms with Gasteiger partial charge in [0, 0.05) is 18.2 Å². The van der Waals surface area contributed by atoms with E-state index in [1.54, 1.807) is 0 Å². The number of hydrogen-bond donors (Lipinski definition) is 1. The molecule has 0 spiro atoms. The van der Waals surface area contributed by atoms with Crippen molar-refractivity contribution < 1.29 is 0 Å². The number of hydrogen-bond acceptors (Lipinski definition) is 3. The predicted octanol–water partition coefficient (Wildman–Crippen LogP) is 3.56. The fourth-order valence-electron chi connectivity index (χ4n) is 2.89. The van der Waals surface area contributed by atoms with Crippen molar-refractivity contribution in [2.75, 3.05) is 0 Å². The zero-order chi connectivity index (χ0) is 14.7. The third-order valence-corrected chi connectivity index (χ3v) is 4.12. The Morgan fingerprint density at radius 1 is 1.14 bits per heavy atom. The van der Waals surface area contributed by atoms with Crippen molar-refractivity contribution in [3.8, 4) is 11.3 Å². The molecule has 4 nitrogen and oxygen atoms in total. The van der Waals surface area contributed by atoms with E-state index in [1.807, 2.05) is 10.9 Å². The van der Waals surface area contributed by atoms with E-state index in [-0.39, 0.29) is 6.04 Å². The second kappa shape index (κ2) is 6.39. The average molecular weight is 284 g/mol. The Kier molecular flexibility index (Phi) is 4.34. The molecule has 0 saturated heterocycles. The summed E-state index contributed by atoms with van der Waals surface area (Å²) < 4.78 is 0. The van der Waals surface area contributed by atoms with E-state index in [0.717, 1.165) is 23.5 Å². The molecule has 0 atom stereocenters. The zero-order valence-corrected chi connectivity index (χ0v) is 12.9. The van der Waals surface area contributed by atoms with Crippen molar-refractivity contribution in [1.29, 1.82) is 0 Å². The lowest BCUT2D eigenvalue weighted by Crippen LogP contribution is -2.25. The molecule has 1 heterocycles. The van der Waals surface area contributed by atoms with Crippen molar-refractivity contribution in [2.24, 2.45) is 0 Å². The summed E-state index contributed by atoms with van der Waals surface area (Å²) in [5.74, 6) is 0. The largest absolute Gasteiger partial charge is 0.308 e. The van der Waals surface area contributed by atoms with Gasteiger partial charge >= 0.3 is 0 Å². The molecule has 0 bridgehead atoms. The van der Waals surface area contributed by atoms with Crippen LogP contribution in [0.1, 0.15) is 51.3 Å². The maximum atomic E-state index is 4.69. The maximum Gasteiger partial charge on any atom is 0.117 e. The van der Waals surface area contributed by atoms with E-state index in [9.17, 15) is 0 Å². The van der Waals surface area contributed by atoms with Crippen LogP contribution in [0.15, 0.2) is 30.3 Å². The van der Waals surface area contributed by atoms with Crippen LogP contribution in [-0.4, -0.2) is 21.0 Å². The number of nitrogens with zero attached hydrogens (tertiary/aromatic N) is 3. The third-order valence-electron chi connectivity index (χ3n) is 4.12. The van der Waals surface area contributed by atoms with Crippen molar-refractivity contribution in [3.05, 3.63) is 36.0 Å². The minimum absolute atomic E-state index is 0.285. The van der Waals surface area contributed by atoms with Crippen LogP contribution in [0.3, 0.4) is 0 Å². The van der Waals surface area contributed by atoms with Crippen LogP contribution in [0, 0.1) is 0 Å². The van der Waals surface area contributed by atoms with Gasteiger partial charge in [0.15, 0.2) is 0 Å². The molecule has 2 aromatic rings. The number of nitrogens with one attached hydrogen (secondary N) is 1. The van der Waals surface area contributed by atoms with Crippen LogP contribution in [0.5, 0.6) is 0 Å². The summed E-state index contributed by atoms with van der Waals surface area (Å²) in [5, 5.41) is 13.0. The first-order chi connectivity index (χ1) is 10.2. The summed E-state index contributed by atoms with van der Waals surface area (Å²) >= 11 is 0. The molecular weight excluding hydrogens is 260 g/mol. The lowest BCUT2D eigenvalue weighted by Gasteiger charge is -2.10. The number of aromatic nitrogens is 3. The molecule has 21 heavy (non-hydrogen) atoms. The van der Waals surface area contributed by atoms with Gasteiger partial charge in [0.05, 0.1) is 6.04 Å². The SMILES string of the molecule is CC(C)n1nc(CNC2CCCC2)c(-c2ccccc2)n1. The third kappa shape index (κ3) is 3.32. The summed E-state index contributed by atoms with van der Waals surface area (Å²) in [5.41, 5.74) is 3.21. The van der Waals surface area contributed by atoms with Gasteiger partial charge in [-0.2, -0.15) is 15.0 Å². The average Bonchev–Trinajstić information content (AvgIpc) is 3.15. The first kappa shape index (κ1) is 14.3. The Bertz CT molecular complexity index is 568. The molecule has 4 heteroatoms. The van der Waals surface area contributed by atoms with E-state index in [2.05, 4.69) is 43.4 Å². The zero-order valence-electron chi connectivity index (χ0n) is 12.9. The van der Waals surface area contributed by atoms with E-state index in [1.165, 1.54) is 25.7 Å². The molecule has 1 aromatic carbocycles. The Balaban J connectivity index is 1.83. The fraction of sp³-hybridized carbons (Fsp3) is 0.529. The molecule has 0 unspecified atom stereocenters. The smallest absolute Gasteiger partial charge is 0.117 e. The van der Waals surface area contributed by atoms with Gasteiger partial charge in [-0.1, -0.05) is 43.2 Å². The van der Waals surface area contributed by atoms with Gasteiger partial charge in [0.2, 0.25) is 0 Å². The monoisotopic (exact) mass is 284 g/mol. The van der Waals surface area contributed by atoms with E-state index < -0.39 is 0 Å². The van der Waals surface area contributed by atoms with Crippen molar-refractivity contribution in [2.45, 2.75) is 58.2 Å². The van der Waals surface area contributed by atoms with Gasteiger partial charge in [-0.25, -0.2) is 0 Å². The standard InChI is InChI=1S/C17H24N4/c1-13(2)21-19-16(12-18-15-10-6-7-11-15)17(20-21)14-8-4-3-5-9-14/h3-5,8-9,13,15,18H,6-7,10-12H2,1-2H3. The van der Waals surface area contributed by atoms with Gasteiger partial charge in [0.25, 0.3) is 0 Å². The number of benzene rings is 1. The van der Waals surface area contributed by atoms with Crippen LogP contribution in [0.2, 0.25) is 0 Å². The second-order valence-electron chi connectivity index (χ2n) is 6.14. The van der Waals surface area contributed by atoms with Gasteiger partial charge < -0.3 is 5.32 Å². The summed E-state index contributed by atoms with van der Waals surface area (Å²) in [4.78, 5) is 1.83. The Hall–Kier alpha value is -1.68. The molecule has 0 radical (unpaired) electrons. The van der Waals surface area contributed by atoms with Crippen LogP contribution >= 0.6 is 0 Å². The summed E-state index contributed by atoms with van der Waals surface area (Å²) in [6.45, 7) is 5.04. The van der Waals surface area contributed by atoms with Crippen LogP contribution in [-0.2, 0) is 6.54 Å². The van der Waals surface area contributed by atoms with Crippen LogP contribution < -0.4 is 5.32 Å². The van der Waals surface area contributed by atoms with Crippen molar-refractivity contribution >= 4 is 0 Å². The van der Waals surface area contributed by atoms with Gasteiger partial charge in [-0.15, -0.1) is 0 Å². The summed E-state index contributed by atoms with van der Waals surface area (Å²) in [6, 6.07) is 11.3. The maximum absolute atomic E-state index is 4.69. The molecule has 0 aliphatic heterocycles. The molecule has 112 valence electrons. The molecule has 1 saturated carbocycles. The predicted molar refractivity (Wildman–Crippen MR) is 84.9 cm³/mol. The molecule has 3 rings (SSSR count). The Morgan fingerprint density at radius 2 is 1.86 bits per heavy atom. The van der Waals surface area contributed by atoms with Crippen molar-refractivity contribution in [1.82, 2.24) is 20.3 Å². The first-order valence-electron chi connectivity index (χ1n) is 7.98. The first-order valence-corrected chi connectivity index (χ1v) is 7.98. The Morgan fingerprint density at radius 3 is 2.52 bits per heavy atom.